The summed E-state index contributed by atoms with van der Waals surface area (Å²) in [7, 11) is 0. The maximum atomic E-state index is 12.6. The molecule has 0 atom stereocenters. The molecule has 0 saturated heterocycles. The van der Waals surface area contributed by atoms with Gasteiger partial charge in [-0.1, -0.05) is 30.3 Å². The van der Waals surface area contributed by atoms with E-state index in [9.17, 15) is 15.0 Å². The molecule has 0 radical (unpaired) electrons. The molecular formula is C27H21N5O3. The molecule has 3 N–H and O–H groups in total. The Morgan fingerprint density at radius 1 is 0.800 bits per heavy atom. The Morgan fingerprint density at radius 3 is 2.11 bits per heavy atom. The predicted molar refractivity (Wildman–Crippen MR) is 131 cm³/mol. The number of pyridine rings is 1. The van der Waals surface area contributed by atoms with Gasteiger partial charge in [0.05, 0.1) is 29.1 Å². The molecule has 2 aromatic heterocycles. The first-order valence-corrected chi connectivity index (χ1v) is 10.9. The summed E-state index contributed by atoms with van der Waals surface area (Å²) in [5.41, 5.74) is 2.84. The third-order valence-electron chi connectivity index (χ3n) is 5.43. The largest absolute Gasteiger partial charge is 0.507 e. The lowest BCUT2D eigenvalue weighted by Crippen LogP contribution is -2.23. The van der Waals surface area contributed by atoms with E-state index < -0.39 is 0 Å². The van der Waals surface area contributed by atoms with E-state index in [1.54, 1.807) is 83.7 Å². The lowest BCUT2D eigenvalue weighted by atomic mass is 10.1. The number of carbonyl (C=O) groups excluding carboxylic acids is 1. The van der Waals surface area contributed by atoms with Crippen LogP contribution in [0, 0.1) is 0 Å². The summed E-state index contributed by atoms with van der Waals surface area (Å²) in [6.07, 6.45) is 1.68. The molecule has 172 valence electrons. The minimum absolute atomic E-state index is 0.0495. The summed E-state index contributed by atoms with van der Waals surface area (Å²) < 4.78 is 1.58. The third-order valence-corrected chi connectivity index (χ3v) is 5.43. The zero-order valence-electron chi connectivity index (χ0n) is 18.5. The molecule has 1 amide bonds. The van der Waals surface area contributed by atoms with Gasteiger partial charge in [-0.2, -0.15) is 0 Å². The number of hydrogen-bond acceptors (Lipinski definition) is 6. The van der Waals surface area contributed by atoms with Crippen molar-refractivity contribution in [3.63, 3.8) is 0 Å². The fourth-order valence-electron chi connectivity index (χ4n) is 3.64. The Bertz CT molecular complexity index is 1480. The van der Waals surface area contributed by atoms with Crippen LogP contribution in [0.4, 0.5) is 0 Å². The second-order valence-corrected chi connectivity index (χ2v) is 7.76. The van der Waals surface area contributed by atoms with Gasteiger partial charge in [0.15, 0.2) is 11.6 Å². The summed E-state index contributed by atoms with van der Waals surface area (Å²) in [5.74, 6) is 0.577. The quantitative estimate of drug-likeness (QED) is 0.345. The standard InChI is InChI=1S/C27H21N5O3/c33-23-10-3-1-8-21(23)25-30-26(22-9-2-4-11-24(22)34)32(31-25)20-14-12-18(13-15-20)27(35)29-17-19-7-5-6-16-28-19/h1-16,33-34H,17H2,(H,29,35). The van der Waals surface area contributed by atoms with Crippen LogP contribution in [0.25, 0.3) is 28.5 Å². The summed E-state index contributed by atoms with van der Waals surface area (Å²) in [6.45, 7) is 0.325. The maximum Gasteiger partial charge on any atom is 0.251 e. The number of hydrogen-bond donors (Lipinski definition) is 3. The molecule has 0 aliphatic carbocycles. The number of phenolic OH excluding ortho intramolecular Hbond substituents is 2. The highest BCUT2D eigenvalue weighted by atomic mass is 16.3. The Kier molecular flexibility index (Phi) is 5.92. The van der Waals surface area contributed by atoms with E-state index in [2.05, 4.69) is 20.4 Å². The molecule has 0 bridgehead atoms. The summed E-state index contributed by atoms with van der Waals surface area (Å²) in [4.78, 5) is 21.4. The van der Waals surface area contributed by atoms with Crippen LogP contribution >= 0.6 is 0 Å². The first-order chi connectivity index (χ1) is 17.1. The highest BCUT2D eigenvalue weighted by Gasteiger charge is 2.19. The highest BCUT2D eigenvalue weighted by Crippen LogP contribution is 2.33. The molecule has 0 aliphatic heterocycles. The molecule has 0 fully saturated rings. The van der Waals surface area contributed by atoms with E-state index in [1.807, 2.05) is 18.2 Å². The van der Waals surface area contributed by atoms with E-state index in [-0.39, 0.29) is 17.4 Å². The lowest BCUT2D eigenvalue weighted by Gasteiger charge is -2.09. The van der Waals surface area contributed by atoms with Crippen LogP contribution in [0.2, 0.25) is 0 Å². The van der Waals surface area contributed by atoms with Crippen molar-refractivity contribution in [2.45, 2.75) is 6.54 Å². The van der Waals surface area contributed by atoms with Crippen molar-refractivity contribution in [3.05, 3.63) is 108 Å². The Hall–Kier alpha value is -4.98. The van der Waals surface area contributed by atoms with Gasteiger partial charge in [0.25, 0.3) is 5.91 Å². The van der Waals surface area contributed by atoms with Crippen molar-refractivity contribution < 1.29 is 15.0 Å². The average Bonchev–Trinajstić information content (AvgIpc) is 3.33. The van der Waals surface area contributed by atoms with Gasteiger partial charge >= 0.3 is 0 Å². The number of aromatic hydroxyl groups is 2. The van der Waals surface area contributed by atoms with Gasteiger partial charge in [-0.3, -0.25) is 9.78 Å². The normalized spacial score (nSPS) is 10.7. The number of benzene rings is 3. The van der Waals surface area contributed by atoms with Crippen molar-refractivity contribution in [1.82, 2.24) is 25.1 Å². The van der Waals surface area contributed by atoms with Crippen molar-refractivity contribution >= 4 is 5.91 Å². The Morgan fingerprint density at radius 2 is 1.46 bits per heavy atom. The molecule has 0 spiro atoms. The number of carbonyl (C=O) groups is 1. The molecule has 0 aliphatic rings. The first kappa shape index (κ1) is 21.8. The molecule has 5 rings (SSSR count). The van der Waals surface area contributed by atoms with Crippen LogP contribution < -0.4 is 5.32 Å². The van der Waals surface area contributed by atoms with E-state index >= 15 is 0 Å². The van der Waals surface area contributed by atoms with Gasteiger partial charge in [0.1, 0.15) is 11.5 Å². The number of phenols is 2. The fraction of sp³-hybridized carbons (Fsp3) is 0.0370. The average molecular weight is 463 g/mol. The van der Waals surface area contributed by atoms with E-state index in [1.165, 1.54) is 0 Å². The van der Waals surface area contributed by atoms with Crippen LogP contribution in [0.5, 0.6) is 11.5 Å². The fourth-order valence-corrected chi connectivity index (χ4v) is 3.64. The topological polar surface area (TPSA) is 113 Å². The second kappa shape index (κ2) is 9.48. The molecular weight excluding hydrogens is 442 g/mol. The molecule has 8 heteroatoms. The number of para-hydroxylation sites is 2. The summed E-state index contributed by atoms with van der Waals surface area (Å²) >= 11 is 0. The van der Waals surface area contributed by atoms with E-state index in [0.29, 0.717) is 40.6 Å². The van der Waals surface area contributed by atoms with Crippen LogP contribution in [0.15, 0.2) is 97.2 Å². The number of aromatic nitrogens is 4. The minimum atomic E-state index is -0.225. The van der Waals surface area contributed by atoms with Gasteiger partial charge in [-0.15, -0.1) is 5.10 Å². The highest BCUT2D eigenvalue weighted by molar-refractivity contribution is 5.94. The van der Waals surface area contributed by atoms with Gasteiger partial charge in [-0.25, -0.2) is 9.67 Å². The predicted octanol–water partition coefficient (Wildman–Crippen LogP) is 4.34. The monoisotopic (exact) mass is 463 g/mol. The molecule has 3 aromatic carbocycles. The molecule has 5 aromatic rings. The van der Waals surface area contributed by atoms with Crippen LogP contribution in [-0.4, -0.2) is 35.9 Å². The van der Waals surface area contributed by atoms with Gasteiger partial charge in [0, 0.05) is 11.8 Å². The van der Waals surface area contributed by atoms with E-state index in [4.69, 9.17) is 0 Å². The molecule has 8 nitrogen and oxygen atoms in total. The number of nitrogens with one attached hydrogen (secondary N) is 1. The summed E-state index contributed by atoms with van der Waals surface area (Å²) in [5, 5.41) is 28.2. The number of nitrogens with zero attached hydrogens (tertiary/aromatic N) is 4. The van der Waals surface area contributed by atoms with Crippen LogP contribution in [-0.2, 0) is 6.54 Å². The van der Waals surface area contributed by atoms with Crippen molar-refractivity contribution in [2.75, 3.05) is 0 Å². The molecule has 2 heterocycles. The zero-order valence-corrected chi connectivity index (χ0v) is 18.5. The maximum absolute atomic E-state index is 12.6. The zero-order chi connectivity index (χ0) is 24.2. The molecule has 0 saturated carbocycles. The minimum Gasteiger partial charge on any atom is -0.507 e. The van der Waals surface area contributed by atoms with Crippen molar-refractivity contribution in [3.8, 4) is 40.0 Å². The smallest absolute Gasteiger partial charge is 0.251 e. The number of rotatable bonds is 6. The Balaban J connectivity index is 1.48. The molecule has 0 unspecified atom stereocenters. The lowest BCUT2D eigenvalue weighted by molar-refractivity contribution is 0.0950. The van der Waals surface area contributed by atoms with Gasteiger partial charge in [-0.05, 0) is 60.7 Å². The van der Waals surface area contributed by atoms with Gasteiger partial charge < -0.3 is 15.5 Å². The molecule has 35 heavy (non-hydrogen) atoms. The van der Waals surface area contributed by atoms with Crippen molar-refractivity contribution in [2.24, 2.45) is 0 Å². The first-order valence-electron chi connectivity index (χ1n) is 10.9. The van der Waals surface area contributed by atoms with Gasteiger partial charge in [0.2, 0.25) is 0 Å². The summed E-state index contributed by atoms with van der Waals surface area (Å²) in [6, 6.07) is 26.0. The Labute approximate surface area is 201 Å². The van der Waals surface area contributed by atoms with Crippen LogP contribution in [0.3, 0.4) is 0 Å². The van der Waals surface area contributed by atoms with Crippen LogP contribution in [0.1, 0.15) is 16.1 Å². The van der Waals surface area contributed by atoms with E-state index in [0.717, 1.165) is 5.69 Å². The SMILES string of the molecule is O=C(NCc1ccccn1)c1ccc(-n2nc(-c3ccccc3O)nc2-c2ccccc2O)cc1. The number of amides is 1. The van der Waals surface area contributed by atoms with Crippen molar-refractivity contribution in [1.29, 1.82) is 0 Å². The second-order valence-electron chi connectivity index (χ2n) is 7.76. The third kappa shape index (κ3) is 4.58.